The lowest BCUT2D eigenvalue weighted by Gasteiger charge is -2.48. The summed E-state index contributed by atoms with van der Waals surface area (Å²) < 4.78 is 80.8. The van der Waals surface area contributed by atoms with Gasteiger partial charge in [-0.25, -0.2) is 0 Å². The summed E-state index contributed by atoms with van der Waals surface area (Å²) in [5, 5.41) is 0. The molecule has 0 unspecified atom stereocenters. The summed E-state index contributed by atoms with van der Waals surface area (Å²) in [6, 6.07) is 0. The third kappa shape index (κ3) is 12.8. The van der Waals surface area contributed by atoms with Gasteiger partial charge in [0, 0.05) is 74.7 Å². The van der Waals surface area contributed by atoms with Crippen molar-refractivity contribution in [2.45, 2.75) is 155 Å². The van der Waals surface area contributed by atoms with E-state index in [4.69, 9.17) is 66.3 Å². The van der Waals surface area contributed by atoms with E-state index >= 15 is 0 Å². The lowest BCUT2D eigenvalue weighted by atomic mass is 9.84. The van der Waals surface area contributed by atoms with Gasteiger partial charge in [0.15, 0.2) is 42.9 Å². The SMILES string of the molecule is CC(=O)OC[C@H]1O[C@H](O[C@@]2(C)C[C@H](OC(C)=O)[C@@H]3C=CO[C@@H](O[C@@H]4O[C@H](COC(C)=O)[C@@H](OC(C)=O)[C@H](OC(C)=O)[C@H]4OC(C)=O)[C@@H]32)[C@H](OC(C)=O)[C@@H](OC(C)=O)[C@H]1OC(C)=O. The number of hydrogen-bond acceptors (Lipinski definition) is 23. The largest absolute Gasteiger partial charge is 0.472 e. The fraction of sp³-hybridized carbons (Fsp3) is 0.718. The summed E-state index contributed by atoms with van der Waals surface area (Å²) in [5.74, 6) is -9.33. The van der Waals surface area contributed by atoms with Gasteiger partial charge in [-0.2, -0.15) is 0 Å². The van der Waals surface area contributed by atoms with Crippen molar-refractivity contribution in [3.63, 3.8) is 0 Å². The second-order valence-electron chi connectivity index (χ2n) is 15.0. The molecule has 3 heterocycles. The Morgan fingerprint density at radius 3 is 1.31 bits per heavy atom. The average Bonchev–Trinajstić information content (AvgIpc) is 3.41. The molecule has 346 valence electrons. The van der Waals surface area contributed by atoms with Crippen molar-refractivity contribution in [2.24, 2.45) is 11.8 Å². The van der Waals surface area contributed by atoms with E-state index in [1.807, 2.05) is 0 Å². The summed E-state index contributed by atoms with van der Waals surface area (Å²) in [5.41, 5.74) is -1.64. The monoisotopic (exact) mass is 888 g/mol. The summed E-state index contributed by atoms with van der Waals surface area (Å²) >= 11 is 0. The summed E-state index contributed by atoms with van der Waals surface area (Å²) in [6.45, 7) is 10.1. The predicted molar refractivity (Wildman–Crippen MR) is 196 cm³/mol. The molecule has 0 aromatic rings. The minimum Gasteiger partial charge on any atom is -0.472 e. The standard InChI is InChI=1S/C39H52O23/c1-16(40)50-14-27-30(53-19(4)43)32(55-21(6)45)34(57-23(8)47)37(59-27)61-36-29-25(11-12-49-36)26(52-18(3)42)13-39(29,10)62-38-35(58-24(9)48)33(56-22(7)46)31(54-20(5)44)28(60-38)15-51-17(2)41/h11-12,25-38H,13-15H2,1-10H3/t25-,26-,27+,28+,29+,30+,31-,32-,33-,34+,35+,36-,37-,38+,39-/m0/s1. The molecule has 23 nitrogen and oxygen atoms in total. The van der Waals surface area contributed by atoms with Gasteiger partial charge in [-0.15, -0.1) is 0 Å². The van der Waals surface area contributed by atoms with E-state index in [1.165, 1.54) is 13.2 Å². The first-order valence-electron chi connectivity index (χ1n) is 19.4. The van der Waals surface area contributed by atoms with E-state index < -0.39 is 158 Å². The Balaban J connectivity index is 1.83. The normalized spacial score (nSPS) is 34.7. The molecule has 2 saturated heterocycles. The second-order valence-corrected chi connectivity index (χ2v) is 15.0. The second kappa shape index (κ2) is 21.1. The Morgan fingerprint density at radius 2 is 0.887 bits per heavy atom. The van der Waals surface area contributed by atoms with Crippen LogP contribution in [0.3, 0.4) is 0 Å². The Morgan fingerprint density at radius 1 is 0.500 bits per heavy atom. The Kier molecular flexibility index (Phi) is 16.8. The molecule has 0 N–H and O–H groups in total. The zero-order valence-corrected chi connectivity index (χ0v) is 35.7. The van der Waals surface area contributed by atoms with Crippen LogP contribution in [0.2, 0.25) is 0 Å². The van der Waals surface area contributed by atoms with Gasteiger partial charge < -0.3 is 66.3 Å². The third-order valence-electron chi connectivity index (χ3n) is 9.83. The molecular weight excluding hydrogens is 836 g/mol. The van der Waals surface area contributed by atoms with Gasteiger partial charge >= 0.3 is 53.7 Å². The van der Waals surface area contributed by atoms with Gasteiger partial charge in [-0.05, 0) is 13.0 Å². The van der Waals surface area contributed by atoms with Crippen molar-refractivity contribution < 1.29 is 109 Å². The maximum atomic E-state index is 12.6. The smallest absolute Gasteiger partial charge is 0.303 e. The van der Waals surface area contributed by atoms with E-state index in [0.717, 1.165) is 55.4 Å². The molecule has 4 aliphatic rings. The van der Waals surface area contributed by atoms with Gasteiger partial charge in [-0.3, -0.25) is 43.2 Å². The number of fused-ring (bicyclic) bond motifs is 1. The fourth-order valence-corrected chi connectivity index (χ4v) is 7.88. The molecule has 0 aromatic heterocycles. The van der Waals surface area contributed by atoms with Crippen LogP contribution in [0.4, 0.5) is 0 Å². The van der Waals surface area contributed by atoms with Crippen molar-refractivity contribution in [1.82, 2.24) is 0 Å². The molecule has 62 heavy (non-hydrogen) atoms. The van der Waals surface area contributed by atoms with Gasteiger partial charge in [0.05, 0.1) is 17.8 Å². The predicted octanol–water partition coefficient (Wildman–Crippen LogP) is 0.382. The zero-order chi connectivity index (χ0) is 46.2. The molecule has 1 aliphatic carbocycles. The maximum absolute atomic E-state index is 12.6. The molecule has 0 spiro atoms. The molecule has 0 aromatic carbocycles. The van der Waals surface area contributed by atoms with Crippen LogP contribution in [-0.2, 0) is 109 Å². The molecule has 1 saturated carbocycles. The van der Waals surface area contributed by atoms with Crippen LogP contribution in [0.15, 0.2) is 12.3 Å². The van der Waals surface area contributed by atoms with Crippen molar-refractivity contribution in [3.8, 4) is 0 Å². The number of hydrogen-bond donors (Lipinski definition) is 0. The van der Waals surface area contributed by atoms with Gasteiger partial charge in [-0.1, -0.05) is 0 Å². The number of carbonyl (C=O) groups excluding carboxylic acids is 9. The van der Waals surface area contributed by atoms with E-state index in [-0.39, 0.29) is 6.42 Å². The Hall–Kier alpha value is -5.39. The maximum Gasteiger partial charge on any atom is 0.303 e. The molecule has 15 atom stereocenters. The highest BCUT2D eigenvalue weighted by molar-refractivity contribution is 5.70. The fourth-order valence-electron chi connectivity index (χ4n) is 7.88. The highest BCUT2D eigenvalue weighted by Crippen LogP contribution is 2.51. The number of carbonyl (C=O) groups is 9. The van der Waals surface area contributed by atoms with Gasteiger partial charge in [0.25, 0.3) is 0 Å². The van der Waals surface area contributed by atoms with Crippen molar-refractivity contribution in [1.29, 1.82) is 0 Å². The van der Waals surface area contributed by atoms with Crippen molar-refractivity contribution >= 4 is 53.7 Å². The summed E-state index contributed by atoms with van der Waals surface area (Å²) in [4.78, 5) is 111. The molecule has 4 rings (SSSR count). The van der Waals surface area contributed by atoms with E-state index in [0.29, 0.717) is 0 Å². The molecule has 0 amide bonds. The van der Waals surface area contributed by atoms with Crippen molar-refractivity contribution in [2.75, 3.05) is 13.2 Å². The number of rotatable bonds is 15. The summed E-state index contributed by atoms with van der Waals surface area (Å²) in [7, 11) is 0. The van der Waals surface area contributed by atoms with E-state index in [9.17, 15) is 43.2 Å². The topological polar surface area (TPSA) is 283 Å². The van der Waals surface area contributed by atoms with Crippen LogP contribution in [0.5, 0.6) is 0 Å². The van der Waals surface area contributed by atoms with Crippen LogP contribution >= 0.6 is 0 Å². The first kappa shape index (κ1) is 49.3. The molecular formula is C39H52O23. The van der Waals surface area contributed by atoms with Crippen molar-refractivity contribution in [3.05, 3.63) is 12.3 Å². The highest BCUT2D eigenvalue weighted by Gasteiger charge is 2.63. The minimum atomic E-state index is -1.74. The third-order valence-corrected chi connectivity index (χ3v) is 9.83. The average molecular weight is 889 g/mol. The first-order valence-corrected chi connectivity index (χ1v) is 19.4. The lowest BCUT2D eigenvalue weighted by Crippen LogP contribution is -2.65. The molecule has 3 fully saturated rings. The summed E-state index contributed by atoms with van der Waals surface area (Å²) in [6.07, 6.45) is -15.6. The van der Waals surface area contributed by atoms with E-state index in [2.05, 4.69) is 0 Å². The zero-order valence-electron chi connectivity index (χ0n) is 35.7. The molecule has 0 radical (unpaired) electrons. The van der Waals surface area contributed by atoms with E-state index in [1.54, 1.807) is 13.0 Å². The number of esters is 9. The minimum absolute atomic E-state index is 0.138. The van der Waals surface area contributed by atoms with Gasteiger partial charge in [0.1, 0.15) is 31.5 Å². The van der Waals surface area contributed by atoms with Crippen LogP contribution < -0.4 is 0 Å². The van der Waals surface area contributed by atoms with Crippen LogP contribution in [0.25, 0.3) is 0 Å². The molecule has 3 aliphatic heterocycles. The lowest BCUT2D eigenvalue weighted by molar-refractivity contribution is -0.363. The Bertz CT molecular complexity index is 1740. The molecule has 0 bridgehead atoms. The van der Waals surface area contributed by atoms with Gasteiger partial charge in [0.2, 0.25) is 12.6 Å². The highest BCUT2D eigenvalue weighted by atomic mass is 16.8. The van der Waals surface area contributed by atoms with Crippen LogP contribution in [0.1, 0.15) is 75.7 Å². The first-order chi connectivity index (χ1) is 29.0. The number of ether oxygens (including phenoxy) is 14. The quantitative estimate of drug-likeness (QED) is 0.159. The van der Waals surface area contributed by atoms with Crippen LogP contribution in [0, 0.1) is 11.8 Å². The van der Waals surface area contributed by atoms with Crippen LogP contribution in [-0.4, -0.2) is 146 Å². The molecule has 23 heteroatoms. The Labute approximate surface area is 355 Å².